The molecule has 0 radical (unpaired) electrons. The fraction of sp³-hybridized carbons (Fsp3) is 0.714. The summed E-state index contributed by atoms with van der Waals surface area (Å²) in [7, 11) is 0. The Morgan fingerprint density at radius 3 is 2.23 bits per heavy atom. The van der Waals surface area contributed by atoms with E-state index in [2.05, 4.69) is 0 Å². The lowest BCUT2D eigenvalue weighted by molar-refractivity contribution is -0.140. The van der Waals surface area contributed by atoms with E-state index >= 15 is 0 Å². The molecule has 0 aromatic carbocycles. The van der Waals surface area contributed by atoms with Crippen LogP contribution in [-0.2, 0) is 9.59 Å². The van der Waals surface area contributed by atoms with E-state index in [4.69, 9.17) is 15.9 Å². The molecule has 0 aliphatic heterocycles. The fourth-order valence-electron chi connectivity index (χ4n) is 0.514. The lowest BCUT2D eigenvalue weighted by atomic mass is 10.2. The number of hydrogen-bond donors (Lipinski definition) is 3. The molecule has 4 N–H and O–H groups in total. The minimum absolute atomic E-state index is 0.243. The zero-order chi connectivity index (χ0) is 10.4. The minimum atomic E-state index is -1.06. The van der Waals surface area contributed by atoms with Gasteiger partial charge in [0.15, 0.2) is 0 Å². The van der Waals surface area contributed by atoms with E-state index in [1.165, 1.54) is 11.8 Å². The molecule has 0 saturated carbocycles. The van der Waals surface area contributed by atoms with E-state index in [9.17, 15) is 9.59 Å². The second-order valence-electron chi connectivity index (χ2n) is 2.72. The molecular formula is C7H13NO4S. The number of rotatable bonds is 6. The van der Waals surface area contributed by atoms with Crippen molar-refractivity contribution in [3.8, 4) is 0 Å². The molecule has 0 fully saturated rings. The lowest BCUT2D eigenvalue weighted by Crippen LogP contribution is -2.32. The highest BCUT2D eigenvalue weighted by Gasteiger charge is 2.14. The Balaban J connectivity index is 3.56. The van der Waals surface area contributed by atoms with Crippen LogP contribution >= 0.6 is 11.8 Å². The van der Waals surface area contributed by atoms with Gasteiger partial charge in [-0.1, -0.05) is 6.92 Å². The van der Waals surface area contributed by atoms with E-state index in [0.717, 1.165) is 0 Å². The summed E-state index contributed by atoms with van der Waals surface area (Å²) in [6.07, 6.45) is 0. The van der Waals surface area contributed by atoms with Gasteiger partial charge in [-0.25, -0.2) is 0 Å². The summed E-state index contributed by atoms with van der Waals surface area (Å²) in [5.74, 6) is -1.78. The Bertz CT molecular complexity index is 177. The first kappa shape index (κ1) is 12.2. The van der Waals surface area contributed by atoms with E-state index in [0.29, 0.717) is 5.75 Å². The van der Waals surface area contributed by atoms with Crippen molar-refractivity contribution in [1.29, 1.82) is 0 Å². The minimum Gasteiger partial charge on any atom is -0.481 e. The summed E-state index contributed by atoms with van der Waals surface area (Å²) in [5.41, 5.74) is 5.21. The lowest BCUT2D eigenvalue weighted by Gasteiger charge is -2.07. The number of nitrogens with two attached hydrogens (primary N) is 1. The van der Waals surface area contributed by atoms with Gasteiger partial charge in [0.25, 0.3) is 0 Å². The van der Waals surface area contributed by atoms with Crippen LogP contribution in [0.5, 0.6) is 0 Å². The normalized spacial score (nSPS) is 14.9. The molecule has 6 heteroatoms. The summed E-state index contributed by atoms with van der Waals surface area (Å²) >= 11 is 1.24. The number of carboxylic acid groups (broad SMARTS) is 2. The van der Waals surface area contributed by atoms with Crippen molar-refractivity contribution in [2.75, 3.05) is 11.5 Å². The van der Waals surface area contributed by atoms with Gasteiger partial charge >= 0.3 is 11.9 Å². The van der Waals surface area contributed by atoms with Gasteiger partial charge in [-0.3, -0.25) is 9.59 Å². The largest absolute Gasteiger partial charge is 0.481 e. The topological polar surface area (TPSA) is 101 Å². The average molecular weight is 207 g/mol. The number of carboxylic acids is 2. The van der Waals surface area contributed by atoms with Crippen LogP contribution in [0, 0.1) is 5.92 Å². The maximum absolute atomic E-state index is 10.3. The van der Waals surface area contributed by atoms with Gasteiger partial charge in [-0.15, -0.1) is 0 Å². The number of thioether (sulfide) groups is 1. The maximum atomic E-state index is 10.3. The van der Waals surface area contributed by atoms with Gasteiger partial charge in [0, 0.05) is 11.5 Å². The highest BCUT2D eigenvalue weighted by Crippen LogP contribution is 2.09. The number of hydrogen-bond acceptors (Lipinski definition) is 4. The molecule has 0 aromatic rings. The summed E-state index contributed by atoms with van der Waals surface area (Å²) < 4.78 is 0. The molecule has 2 atom stereocenters. The Morgan fingerprint density at radius 1 is 1.31 bits per heavy atom. The van der Waals surface area contributed by atoms with Crippen LogP contribution in [0.3, 0.4) is 0 Å². The first-order valence-electron chi connectivity index (χ1n) is 3.74. The molecule has 0 bridgehead atoms. The SMILES string of the molecule is CC(CSC[C@H](N)C(=O)O)C(=O)O. The first-order valence-corrected chi connectivity index (χ1v) is 4.89. The van der Waals surface area contributed by atoms with Crippen molar-refractivity contribution in [2.45, 2.75) is 13.0 Å². The molecule has 5 nitrogen and oxygen atoms in total. The molecular weight excluding hydrogens is 194 g/mol. The quantitative estimate of drug-likeness (QED) is 0.560. The molecule has 0 aliphatic rings. The van der Waals surface area contributed by atoms with Crippen molar-refractivity contribution in [3.05, 3.63) is 0 Å². The monoisotopic (exact) mass is 207 g/mol. The van der Waals surface area contributed by atoms with Crippen LogP contribution in [0.25, 0.3) is 0 Å². The molecule has 0 rings (SSSR count). The molecule has 13 heavy (non-hydrogen) atoms. The third kappa shape index (κ3) is 5.48. The number of carbonyl (C=O) groups is 2. The predicted octanol–water partition coefficient (Wildman–Crippen LogP) is -0.148. The second kappa shape index (κ2) is 5.82. The highest BCUT2D eigenvalue weighted by molar-refractivity contribution is 7.99. The third-order valence-electron chi connectivity index (χ3n) is 1.40. The summed E-state index contributed by atoms with van der Waals surface area (Å²) in [5, 5.41) is 16.9. The van der Waals surface area contributed by atoms with Gasteiger partial charge < -0.3 is 15.9 Å². The van der Waals surface area contributed by atoms with Crippen LogP contribution in [0.15, 0.2) is 0 Å². The number of aliphatic carboxylic acids is 2. The Morgan fingerprint density at radius 2 is 1.85 bits per heavy atom. The van der Waals surface area contributed by atoms with E-state index in [1.807, 2.05) is 0 Å². The van der Waals surface area contributed by atoms with Crippen molar-refractivity contribution in [3.63, 3.8) is 0 Å². The standard InChI is InChI=1S/C7H13NO4S/c1-4(6(9)10)2-13-3-5(8)7(11)12/h4-5H,2-3,8H2,1H3,(H,9,10)(H,11,12)/t4?,5-/m0/s1. The Kier molecular flexibility index (Phi) is 5.48. The summed E-state index contributed by atoms with van der Waals surface area (Å²) in [6, 6.07) is -0.911. The van der Waals surface area contributed by atoms with Crippen LogP contribution in [-0.4, -0.2) is 39.7 Å². The molecule has 0 aliphatic carbocycles. The van der Waals surface area contributed by atoms with Gasteiger partial charge in [-0.05, 0) is 0 Å². The van der Waals surface area contributed by atoms with Gasteiger partial charge in [0.2, 0.25) is 0 Å². The van der Waals surface area contributed by atoms with Crippen molar-refractivity contribution >= 4 is 23.7 Å². The zero-order valence-electron chi connectivity index (χ0n) is 7.27. The molecule has 0 spiro atoms. The van der Waals surface area contributed by atoms with Gasteiger partial charge in [0.1, 0.15) is 6.04 Å². The smallest absolute Gasteiger partial charge is 0.321 e. The zero-order valence-corrected chi connectivity index (χ0v) is 8.08. The van der Waals surface area contributed by atoms with Gasteiger partial charge in [0.05, 0.1) is 5.92 Å². The van der Waals surface area contributed by atoms with Crippen LogP contribution in [0.2, 0.25) is 0 Å². The summed E-state index contributed by atoms with van der Waals surface area (Å²) in [4.78, 5) is 20.6. The second-order valence-corrected chi connectivity index (χ2v) is 3.80. The Labute approximate surface area is 80.3 Å². The van der Waals surface area contributed by atoms with E-state index < -0.39 is 23.9 Å². The first-order chi connectivity index (χ1) is 5.95. The van der Waals surface area contributed by atoms with E-state index in [1.54, 1.807) is 6.92 Å². The van der Waals surface area contributed by atoms with E-state index in [-0.39, 0.29) is 5.75 Å². The fourth-order valence-corrected chi connectivity index (χ4v) is 1.54. The molecule has 0 amide bonds. The van der Waals surface area contributed by atoms with Gasteiger partial charge in [-0.2, -0.15) is 11.8 Å². The average Bonchev–Trinajstić information content (AvgIpc) is 2.03. The van der Waals surface area contributed by atoms with Crippen LogP contribution in [0.4, 0.5) is 0 Å². The third-order valence-corrected chi connectivity index (χ3v) is 2.73. The van der Waals surface area contributed by atoms with Crippen LogP contribution < -0.4 is 5.73 Å². The molecule has 0 heterocycles. The predicted molar refractivity (Wildman–Crippen MR) is 49.7 cm³/mol. The molecule has 76 valence electrons. The van der Waals surface area contributed by atoms with Crippen molar-refractivity contribution in [1.82, 2.24) is 0 Å². The summed E-state index contributed by atoms with van der Waals surface area (Å²) in [6.45, 7) is 1.57. The maximum Gasteiger partial charge on any atom is 0.321 e. The highest BCUT2D eigenvalue weighted by atomic mass is 32.2. The van der Waals surface area contributed by atoms with Crippen molar-refractivity contribution in [2.24, 2.45) is 11.7 Å². The molecule has 0 saturated heterocycles. The van der Waals surface area contributed by atoms with Crippen molar-refractivity contribution < 1.29 is 19.8 Å². The Hall–Kier alpha value is -0.750. The van der Waals surface area contributed by atoms with Crippen LogP contribution in [0.1, 0.15) is 6.92 Å². The molecule has 1 unspecified atom stereocenters. The molecule has 0 aromatic heterocycles.